The molecule has 0 saturated carbocycles. The van der Waals surface area contributed by atoms with Crippen LogP contribution in [0.5, 0.6) is 5.75 Å². The number of benzene rings is 1. The first-order valence-corrected chi connectivity index (χ1v) is 8.55. The highest BCUT2D eigenvalue weighted by atomic mass is 16.5. The van der Waals surface area contributed by atoms with Crippen molar-refractivity contribution in [2.24, 2.45) is 0 Å². The third-order valence-corrected chi connectivity index (χ3v) is 4.44. The highest BCUT2D eigenvalue weighted by Gasteiger charge is 2.12. The van der Waals surface area contributed by atoms with Gasteiger partial charge in [0.15, 0.2) is 0 Å². The Hall–Kier alpha value is -2.60. The topological polar surface area (TPSA) is 63.6 Å². The van der Waals surface area contributed by atoms with Crippen LogP contribution in [0.3, 0.4) is 0 Å². The van der Waals surface area contributed by atoms with Gasteiger partial charge in [0, 0.05) is 31.0 Å². The number of likely N-dealkylation sites (tertiary alicyclic amines) is 1. The minimum atomic E-state index is -0.182. The van der Waals surface area contributed by atoms with Gasteiger partial charge in [-0.15, -0.1) is 0 Å². The lowest BCUT2D eigenvalue weighted by Crippen LogP contribution is -2.34. The van der Waals surface area contributed by atoms with Crippen molar-refractivity contribution in [1.82, 2.24) is 14.8 Å². The number of pyridine rings is 1. The van der Waals surface area contributed by atoms with Gasteiger partial charge < -0.3 is 15.0 Å². The second-order valence-corrected chi connectivity index (χ2v) is 6.13. The molecule has 1 aliphatic heterocycles. The van der Waals surface area contributed by atoms with Crippen molar-refractivity contribution in [3.63, 3.8) is 0 Å². The Morgan fingerprint density at radius 1 is 1.12 bits per heavy atom. The number of methoxy groups -OCH3 is 1. The molecule has 1 N–H and O–H groups in total. The van der Waals surface area contributed by atoms with Gasteiger partial charge in [-0.1, -0.05) is 0 Å². The number of nitrogens with one attached hydrogen (secondary N) is 1. The molecule has 1 aromatic carbocycles. The fourth-order valence-corrected chi connectivity index (χ4v) is 3.00. The number of aromatic nitrogens is 1. The second-order valence-electron chi connectivity index (χ2n) is 6.13. The molecule has 0 unspecified atom stereocenters. The summed E-state index contributed by atoms with van der Waals surface area (Å²) in [5.74, 6) is 0.550. The molecule has 1 saturated heterocycles. The summed E-state index contributed by atoms with van der Waals surface area (Å²) in [7, 11) is 1.59. The fraction of sp³-hybridized carbons (Fsp3) is 0.368. The smallest absolute Gasteiger partial charge is 0.255 e. The lowest BCUT2D eigenvalue weighted by molar-refractivity contribution is 0.0949. The van der Waals surface area contributed by atoms with Crippen LogP contribution >= 0.6 is 0 Å². The molecule has 1 aromatic heterocycles. The molecule has 0 atom stereocenters. The van der Waals surface area contributed by atoms with Crippen LogP contribution in [0.4, 0.5) is 0 Å². The number of rotatable bonds is 6. The Kier molecular flexibility index (Phi) is 5.50. The van der Waals surface area contributed by atoms with E-state index >= 15 is 0 Å². The molecule has 0 aliphatic carbocycles. The maximum Gasteiger partial charge on any atom is 0.255 e. The zero-order valence-corrected chi connectivity index (χ0v) is 14.4. The van der Waals surface area contributed by atoms with Crippen LogP contribution in [0.1, 0.15) is 23.2 Å². The molecule has 1 fully saturated rings. The van der Waals surface area contributed by atoms with E-state index < -0.39 is 0 Å². The lowest BCUT2D eigenvalue weighted by Gasteiger charge is -2.15. The van der Waals surface area contributed by atoms with Crippen molar-refractivity contribution >= 4 is 5.91 Å². The van der Waals surface area contributed by atoms with Crippen LogP contribution < -0.4 is 15.6 Å². The average molecular weight is 341 g/mol. The summed E-state index contributed by atoms with van der Waals surface area (Å²) in [5.41, 5.74) is 0.980. The third-order valence-electron chi connectivity index (χ3n) is 4.44. The SMILES string of the molecule is COc1ccc(-n2cc(C(=O)NCCN3CCCC3)ccc2=O)cc1. The van der Waals surface area contributed by atoms with Crippen LogP contribution in [0.15, 0.2) is 47.4 Å². The molecule has 6 nitrogen and oxygen atoms in total. The van der Waals surface area contributed by atoms with E-state index in [1.54, 1.807) is 43.6 Å². The molecule has 0 radical (unpaired) electrons. The first kappa shape index (κ1) is 17.2. The summed E-state index contributed by atoms with van der Waals surface area (Å²) in [6.45, 7) is 3.70. The van der Waals surface area contributed by atoms with Gasteiger partial charge in [0.2, 0.25) is 0 Å². The van der Waals surface area contributed by atoms with E-state index in [9.17, 15) is 9.59 Å². The zero-order chi connectivity index (χ0) is 17.6. The summed E-state index contributed by atoms with van der Waals surface area (Å²) in [6.07, 6.45) is 4.05. The predicted molar refractivity (Wildman–Crippen MR) is 96.6 cm³/mol. The monoisotopic (exact) mass is 341 g/mol. The van der Waals surface area contributed by atoms with E-state index in [2.05, 4.69) is 10.2 Å². The van der Waals surface area contributed by atoms with E-state index in [-0.39, 0.29) is 11.5 Å². The van der Waals surface area contributed by atoms with Crippen molar-refractivity contribution in [1.29, 1.82) is 0 Å². The number of hydrogen-bond donors (Lipinski definition) is 1. The Bertz CT molecular complexity index is 777. The molecule has 132 valence electrons. The first-order chi connectivity index (χ1) is 12.2. The Morgan fingerprint density at radius 2 is 1.84 bits per heavy atom. The maximum absolute atomic E-state index is 12.3. The number of carbonyl (C=O) groups is 1. The Morgan fingerprint density at radius 3 is 2.52 bits per heavy atom. The van der Waals surface area contributed by atoms with Gasteiger partial charge in [0.05, 0.1) is 12.7 Å². The second kappa shape index (κ2) is 7.98. The Balaban J connectivity index is 1.69. The standard InChI is InChI=1S/C19H23N3O3/c1-25-17-7-5-16(6-8-17)22-14-15(4-9-18(22)23)19(24)20-10-13-21-11-2-3-12-21/h4-9,14H,2-3,10-13H2,1H3,(H,20,24). The average Bonchev–Trinajstić information content (AvgIpc) is 3.15. The van der Waals surface area contributed by atoms with Gasteiger partial charge in [-0.2, -0.15) is 0 Å². The zero-order valence-electron chi connectivity index (χ0n) is 14.4. The molecule has 25 heavy (non-hydrogen) atoms. The van der Waals surface area contributed by atoms with Crippen LogP contribution in [0, 0.1) is 0 Å². The number of ether oxygens (including phenoxy) is 1. The van der Waals surface area contributed by atoms with E-state index in [1.807, 2.05) is 0 Å². The summed E-state index contributed by atoms with van der Waals surface area (Å²) in [4.78, 5) is 26.8. The normalized spacial score (nSPS) is 14.4. The molecule has 6 heteroatoms. The molecular formula is C19H23N3O3. The fourth-order valence-electron chi connectivity index (χ4n) is 3.00. The number of carbonyl (C=O) groups excluding carboxylic acids is 1. The number of nitrogens with zero attached hydrogens (tertiary/aromatic N) is 2. The molecule has 2 heterocycles. The highest BCUT2D eigenvalue weighted by Crippen LogP contribution is 2.14. The molecular weight excluding hydrogens is 318 g/mol. The minimum absolute atomic E-state index is 0.165. The molecule has 2 aromatic rings. The van der Waals surface area contributed by atoms with Crippen LogP contribution in [-0.2, 0) is 0 Å². The van der Waals surface area contributed by atoms with Crippen molar-refractivity contribution in [3.8, 4) is 11.4 Å². The van der Waals surface area contributed by atoms with E-state index in [0.29, 0.717) is 23.5 Å². The van der Waals surface area contributed by atoms with Crippen LogP contribution in [0.25, 0.3) is 5.69 Å². The van der Waals surface area contributed by atoms with Crippen molar-refractivity contribution in [3.05, 3.63) is 58.5 Å². The predicted octanol–water partition coefficient (Wildman–Crippen LogP) is 1.67. The third kappa shape index (κ3) is 4.28. The first-order valence-electron chi connectivity index (χ1n) is 8.55. The molecule has 3 rings (SSSR count). The van der Waals surface area contributed by atoms with Crippen molar-refractivity contribution < 1.29 is 9.53 Å². The van der Waals surface area contributed by atoms with Crippen molar-refractivity contribution in [2.45, 2.75) is 12.8 Å². The van der Waals surface area contributed by atoms with Crippen molar-refractivity contribution in [2.75, 3.05) is 33.3 Å². The summed E-state index contributed by atoms with van der Waals surface area (Å²) in [5, 5.41) is 2.93. The van der Waals surface area contributed by atoms with E-state index in [0.717, 1.165) is 19.6 Å². The quantitative estimate of drug-likeness (QED) is 0.868. The van der Waals surface area contributed by atoms with Gasteiger partial charge in [-0.05, 0) is 56.3 Å². The number of amides is 1. The van der Waals surface area contributed by atoms with Gasteiger partial charge in [0.1, 0.15) is 5.75 Å². The van der Waals surface area contributed by atoms with E-state index in [1.165, 1.54) is 23.5 Å². The molecule has 1 aliphatic rings. The van der Waals surface area contributed by atoms with Gasteiger partial charge >= 0.3 is 0 Å². The van der Waals surface area contributed by atoms with Gasteiger partial charge in [-0.3, -0.25) is 14.2 Å². The summed E-state index contributed by atoms with van der Waals surface area (Å²) in [6, 6.07) is 10.1. The van der Waals surface area contributed by atoms with Gasteiger partial charge in [0.25, 0.3) is 11.5 Å². The van der Waals surface area contributed by atoms with Gasteiger partial charge in [-0.25, -0.2) is 0 Å². The maximum atomic E-state index is 12.3. The summed E-state index contributed by atoms with van der Waals surface area (Å²) < 4.78 is 6.60. The number of hydrogen-bond acceptors (Lipinski definition) is 4. The van der Waals surface area contributed by atoms with E-state index in [4.69, 9.17) is 4.74 Å². The summed E-state index contributed by atoms with van der Waals surface area (Å²) >= 11 is 0. The highest BCUT2D eigenvalue weighted by molar-refractivity contribution is 5.93. The Labute approximate surface area is 147 Å². The molecule has 0 spiro atoms. The minimum Gasteiger partial charge on any atom is -0.497 e. The molecule has 0 bridgehead atoms. The van der Waals surface area contributed by atoms with Crippen LogP contribution in [-0.4, -0.2) is 48.7 Å². The lowest BCUT2D eigenvalue weighted by atomic mass is 10.2. The largest absolute Gasteiger partial charge is 0.497 e. The van der Waals surface area contributed by atoms with Crippen LogP contribution in [0.2, 0.25) is 0 Å². The molecule has 1 amide bonds.